The van der Waals surface area contributed by atoms with Gasteiger partial charge in [0.1, 0.15) is 0 Å². The molecule has 3 fully saturated rings. The lowest BCUT2D eigenvalue weighted by molar-refractivity contribution is -0.385. The van der Waals surface area contributed by atoms with Gasteiger partial charge in [-0.1, -0.05) is 29.5 Å². The number of amides is 2. The van der Waals surface area contributed by atoms with Crippen LogP contribution in [0.5, 0.6) is 0 Å². The number of carbonyl (C=O) groups excluding carboxylic acids is 2. The van der Waals surface area contributed by atoms with Gasteiger partial charge in [-0.15, -0.1) is 0 Å². The quantitative estimate of drug-likeness (QED) is 0.434. The SMILES string of the molecule is Cc1ccc(Sc2cc(N3C(=O)[C@@H]4[C@@H](C3=O)[C@@H]3CC[C@@H]4O3)cc([N+](=O)[O-])c2)cc1. The summed E-state index contributed by atoms with van der Waals surface area (Å²) in [6, 6.07) is 12.2. The van der Waals surface area contributed by atoms with Crippen LogP contribution in [0.3, 0.4) is 0 Å². The summed E-state index contributed by atoms with van der Waals surface area (Å²) in [7, 11) is 0. The largest absolute Gasteiger partial charge is 0.373 e. The number of anilines is 1. The van der Waals surface area contributed by atoms with E-state index in [4.69, 9.17) is 4.74 Å². The van der Waals surface area contributed by atoms with Crippen LogP contribution < -0.4 is 4.90 Å². The number of fused-ring (bicyclic) bond motifs is 5. The Morgan fingerprint density at radius 3 is 2.21 bits per heavy atom. The number of hydrogen-bond donors (Lipinski definition) is 0. The number of benzene rings is 2. The van der Waals surface area contributed by atoms with Gasteiger partial charge in [-0.25, -0.2) is 4.90 Å². The molecule has 3 saturated heterocycles. The third kappa shape index (κ3) is 2.94. The minimum atomic E-state index is -0.499. The molecular formula is C21H18N2O5S. The normalized spacial score (nSPS) is 27.6. The number of hydrogen-bond acceptors (Lipinski definition) is 6. The van der Waals surface area contributed by atoms with Crippen LogP contribution in [0.15, 0.2) is 52.3 Å². The van der Waals surface area contributed by atoms with E-state index in [0.29, 0.717) is 4.90 Å². The van der Waals surface area contributed by atoms with Crippen molar-refractivity contribution in [2.24, 2.45) is 11.8 Å². The maximum Gasteiger partial charge on any atom is 0.272 e. The van der Waals surface area contributed by atoms with E-state index in [-0.39, 0.29) is 35.4 Å². The van der Waals surface area contributed by atoms with Gasteiger partial charge in [0, 0.05) is 21.9 Å². The number of nitrogens with zero attached hydrogens (tertiary/aromatic N) is 2. The van der Waals surface area contributed by atoms with Crippen molar-refractivity contribution in [1.29, 1.82) is 0 Å². The Hall–Kier alpha value is -2.71. The maximum absolute atomic E-state index is 13.0. The van der Waals surface area contributed by atoms with Crippen molar-refractivity contribution >= 4 is 35.0 Å². The smallest absolute Gasteiger partial charge is 0.272 e. The predicted octanol–water partition coefficient (Wildman–Crippen LogP) is 3.72. The zero-order valence-electron chi connectivity index (χ0n) is 15.6. The summed E-state index contributed by atoms with van der Waals surface area (Å²) < 4.78 is 5.76. The summed E-state index contributed by atoms with van der Waals surface area (Å²) >= 11 is 1.36. The molecule has 3 aliphatic heterocycles. The van der Waals surface area contributed by atoms with E-state index in [0.717, 1.165) is 28.2 Å². The van der Waals surface area contributed by atoms with Crippen LogP contribution in [0.2, 0.25) is 0 Å². The first-order valence-corrected chi connectivity index (χ1v) is 10.3. The van der Waals surface area contributed by atoms with Crippen molar-refractivity contribution in [1.82, 2.24) is 0 Å². The monoisotopic (exact) mass is 410 g/mol. The number of nitro benzene ring substituents is 1. The molecule has 0 radical (unpaired) electrons. The van der Waals surface area contributed by atoms with E-state index < -0.39 is 16.8 Å². The van der Waals surface area contributed by atoms with Crippen LogP contribution in [-0.2, 0) is 14.3 Å². The second kappa shape index (κ2) is 6.67. The molecule has 0 aromatic heterocycles. The first-order chi connectivity index (χ1) is 13.9. The lowest BCUT2D eigenvalue weighted by Gasteiger charge is -2.18. The summed E-state index contributed by atoms with van der Waals surface area (Å²) in [6.07, 6.45) is 1.13. The molecule has 2 bridgehead atoms. The van der Waals surface area contributed by atoms with Crippen LogP contribution >= 0.6 is 11.8 Å². The second-order valence-electron chi connectivity index (χ2n) is 7.71. The molecule has 2 aromatic rings. The molecule has 0 saturated carbocycles. The van der Waals surface area contributed by atoms with Gasteiger partial charge in [0.05, 0.1) is 34.7 Å². The van der Waals surface area contributed by atoms with Gasteiger partial charge in [0.25, 0.3) is 5.69 Å². The topological polar surface area (TPSA) is 89.8 Å². The van der Waals surface area contributed by atoms with Crippen molar-refractivity contribution < 1.29 is 19.2 Å². The van der Waals surface area contributed by atoms with Crippen molar-refractivity contribution in [2.75, 3.05) is 4.90 Å². The number of nitro groups is 1. The number of non-ortho nitro benzene ring substituents is 1. The van der Waals surface area contributed by atoms with Crippen LogP contribution in [0.4, 0.5) is 11.4 Å². The highest BCUT2D eigenvalue weighted by Gasteiger charge is 2.62. The highest BCUT2D eigenvalue weighted by molar-refractivity contribution is 7.99. The van der Waals surface area contributed by atoms with Crippen LogP contribution in [0.25, 0.3) is 0 Å². The third-order valence-corrected chi connectivity index (χ3v) is 6.87. The fourth-order valence-electron chi connectivity index (χ4n) is 4.57. The molecule has 148 valence electrons. The second-order valence-corrected chi connectivity index (χ2v) is 8.86. The number of rotatable bonds is 4. The molecule has 8 heteroatoms. The molecule has 7 nitrogen and oxygen atoms in total. The zero-order chi connectivity index (χ0) is 20.3. The first kappa shape index (κ1) is 18.3. The Morgan fingerprint density at radius 2 is 1.62 bits per heavy atom. The lowest BCUT2D eigenvalue weighted by atomic mass is 9.81. The van der Waals surface area contributed by atoms with Gasteiger partial charge in [-0.2, -0.15) is 0 Å². The van der Waals surface area contributed by atoms with E-state index in [1.54, 1.807) is 6.07 Å². The minimum absolute atomic E-state index is 0.144. The third-order valence-electron chi connectivity index (χ3n) is 5.89. The van der Waals surface area contributed by atoms with E-state index in [1.165, 1.54) is 23.9 Å². The Kier molecular flexibility index (Phi) is 4.22. The molecule has 2 aromatic carbocycles. The molecule has 0 spiro atoms. The molecule has 0 N–H and O–H groups in total. The lowest BCUT2D eigenvalue weighted by Crippen LogP contribution is -2.34. The Labute approximate surface area is 171 Å². The van der Waals surface area contributed by atoms with E-state index in [2.05, 4.69) is 0 Å². The van der Waals surface area contributed by atoms with Crippen LogP contribution in [0.1, 0.15) is 18.4 Å². The summed E-state index contributed by atoms with van der Waals surface area (Å²) in [4.78, 5) is 39.7. The summed E-state index contributed by atoms with van der Waals surface area (Å²) in [5.74, 6) is -1.54. The highest BCUT2D eigenvalue weighted by Crippen LogP contribution is 2.50. The molecule has 0 aliphatic carbocycles. The average Bonchev–Trinajstić information content (AvgIpc) is 3.37. The van der Waals surface area contributed by atoms with Gasteiger partial charge in [0.15, 0.2) is 0 Å². The van der Waals surface area contributed by atoms with Crippen molar-refractivity contribution in [3.8, 4) is 0 Å². The van der Waals surface area contributed by atoms with Crippen molar-refractivity contribution in [3.63, 3.8) is 0 Å². The average molecular weight is 410 g/mol. The molecule has 29 heavy (non-hydrogen) atoms. The molecule has 3 aliphatic rings. The summed E-state index contributed by atoms with van der Waals surface area (Å²) in [5, 5.41) is 11.5. The van der Waals surface area contributed by atoms with Crippen molar-refractivity contribution in [2.45, 2.75) is 41.8 Å². The molecule has 4 atom stereocenters. The van der Waals surface area contributed by atoms with Crippen LogP contribution in [-0.4, -0.2) is 28.9 Å². The van der Waals surface area contributed by atoms with Gasteiger partial charge >= 0.3 is 0 Å². The Morgan fingerprint density at radius 1 is 1.00 bits per heavy atom. The number of imide groups is 1. The summed E-state index contributed by atoms with van der Waals surface area (Å²) in [5.41, 5.74) is 1.23. The number of aryl methyl sites for hydroxylation is 1. The van der Waals surface area contributed by atoms with Gasteiger partial charge in [0.2, 0.25) is 11.8 Å². The first-order valence-electron chi connectivity index (χ1n) is 9.49. The molecule has 5 rings (SSSR count). The zero-order valence-corrected chi connectivity index (χ0v) is 16.4. The maximum atomic E-state index is 13.0. The summed E-state index contributed by atoms with van der Waals surface area (Å²) in [6.45, 7) is 1.98. The Bertz CT molecular complexity index is 1010. The predicted molar refractivity (Wildman–Crippen MR) is 106 cm³/mol. The fraction of sp³-hybridized carbons (Fsp3) is 0.333. The van der Waals surface area contributed by atoms with E-state index >= 15 is 0 Å². The standard InChI is InChI=1S/C21H18N2O5S/c1-11-2-4-14(5-3-11)29-15-9-12(8-13(10-15)23(26)27)22-20(24)18-16-6-7-17(28-16)19(18)21(22)25/h2-5,8-10,16-19H,6-7H2,1H3/t16-,17-,18-,19-/m0/s1. The minimum Gasteiger partial charge on any atom is -0.373 e. The fourth-order valence-corrected chi connectivity index (χ4v) is 5.47. The van der Waals surface area contributed by atoms with E-state index in [9.17, 15) is 19.7 Å². The van der Waals surface area contributed by atoms with E-state index in [1.807, 2.05) is 31.2 Å². The number of carbonyl (C=O) groups is 2. The van der Waals surface area contributed by atoms with Gasteiger partial charge in [-0.05, 0) is 38.0 Å². The molecule has 3 heterocycles. The van der Waals surface area contributed by atoms with Gasteiger partial charge < -0.3 is 4.74 Å². The van der Waals surface area contributed by atoms with Gasteiger partial charge in [-0.3, -0.25) is 19.7 Å². The highest BCUT2D eigenvalue weighted by atomic mass is 32.2. The number of ether oxygens (including phenoxy) is 1. The van der Waals surface area contributed by atoms with Crippen LogP contribution in [0, 0.1) is 28.9 Å². The molecular weight excluding hydrogens is 392 g/mol. The van der Waals surface area contributed by atoms with Crippen molar-refractivity contribution in [3.05, 3.63) is 58.1 Å². The molecule has 0 unspecified atom stereocenters. The molecule has 2 amide bonds. The Balaban J connectivity index is 1.52.